The summed E-state index contributed by atoms with van der Waals surface area (Å²) in [4.78, 5) is 0. The molecule has 0 amide bonds. The van der Waals surface area contributed by atoms with E-state index in [0.29, 0.717) is 6.42 Å². The highest BCUT2D eigenvalue weighted by Gasteiger charge is 2.30. The van der Waals surface area contributed by atoms with Crippen molar-refractivity contribution < 1.29 is 14.9 Å². The lowest BCUT2D eigenvalue weighted by Gasteiger charge is -2.33. The van der Waals surface area contributed by atoms with Crippen molar-refractivity contribution in [1.82, 2.24) is 0 Å². The van der Waals surface area contributed by atoms with E-state index >= 15 is 0 Å². The van der Waals surface area contributed by atoms with E-state index in [1.807, 2.05) is 6.92 Å². The van der Waals surface area contributed by atoms with Crippen molar-refractivity contribution in [3.63, 3.8) is 0 Å². The monoisotopic (exact) mass is 146 g/mol. The second kappa shape index (κ2) is 2.86. The van der Waals surface area contributed by atoms with Gasteiger partial charge in [-0.3, -0.25) is 0 Å². The Kier molecular flexibility index (Phi) is 2.28. The Bertz CT molecular complexity index is 103. The number of hydrogen-bond donors (Lipinski definition) is 2. The first-order valence-electron chi connectivity index (χ1n) is 3.63. The molecule has 1 rings (SSSR count). The molecule has 0 aromatic carbocycles. The van der Waals surface area contributed by atoms with Crippen LogP contribution < -0.4 is 0 Å². The van der Waals surface area contributed by atoms with Crippen LogP contribution in [0.4, 0.5) is 0 Å². The molecule has 1 heterocycles. The topological polar surface area (TPSA) is 49.7 Å². The maximum atomic E-state index is 9.33. The molecule has 1 fully saturated rings. The minimum absolute atomic E-state index is 0.138. The number of rotatable bonds is 0. The molecular weight excluding hydrogens is 132 g/mol. The van der Waals surface area contributed by atoms with E-state index < -0.39 is 12.4 Å². The van der Waals surface area contributed by atoms with Crippen molar-refractivity contribution >= 4 is 0 Å². The fourth-order valence-corrected chi connectivity index (χ4v) is 1.30. The summed E-state index contributed by atoms with van der Waals surface area (Å²) in [6.45, 7) is 3.68. The van der Waals surface area contributed by atoms with Crippen LogP contribution in [0.3, 0.4) is 0 Å². The Labute approximate surface area is 60.6 Å². The molecule has 0 spiro atoms. The molecule has 1 saturated heterocycles. The summed E-state index contributed by atoms with van der Waals surface area (Å²) in [5.74, 6) is 0.138. The number of aliphatic hydroxyl groups excluding tert-OH is 2. The van der Waals surface area contributed by atoms with E-state index in [0.717, 1.165) is 0 Å². The van der Waals surface area contributed by atoms with Crippen LogP contribution in [-0.4, -0.2) is 28.7 Å². The van der Waals surface area contributed by atoms with Crippen LogP contribution in [0.15, 0.2) is 0 Å². The first-order valence-corrected chi connectivity index (χ1v) is 3.63. The van der Waals surface area contributed by atoms with Crippen molar-refractivity contribution in [1.29, 1.82) is 0 Å². The van der Waals surface area contributed by atoms with Gasteiger partial charge in [0, 0.05) is 6.42 Å². The molecule has 3 heteroatoms. The first-order chi connectivity index (χ1) is 4.61. The third kappa shape index (κ3) is 1.48. The van der Waals surface area contributed by atoms with Gasteiger partial charge in [-0.25, -0.2) is 0 Å². The molecule has 10 heavy (non-hydrogen) atoms. The molecule has 60 valence electrons. The van der Waals surface area contributed by atoms with Crippen LogP contribution in [0, 0.1) is 5.92 Å². The molecule has 0 aromatic heterocycles. The highest BCUT2D eigenvalue weighted by Crippen LogP contribution is 2.23. The highest BCUT2D eigenvalue weighted by molar-refractivity contribution is 4.76. The summed E-state index contributed by atoms with van der Waals surface area (Å²) < 4.78 is 4.97. The predicted molar refractivity (Wildman–Crippen MR) is 36.3 cm³/mol. The van der Waals surface area contributed by atoms with E-state index in [1.54, 1.807) is 6.92 Å². The molecule has 2 N–H and O–H groups in total. The average molecular weight is 146 g/mol. The van der Waals surface area contributed by atoms with Gasteiger partial charge in [0.25, 0.3) is 0 Å². The van der Waals surface area contributed by atoms with Crippen molar-refractivity contribution in [2.75, 3.05) is 0 Å². The second-order valence-corrected chi connectivity index (χ2v) is 3.00. The lowest BCUT2D eigenvalue weighted by atomic mass is 9.94. The molecule has 0 unspecified atom stereocenters. The zero-order valence-corrected chi connectivity index (χ0v) is 6.32. The number of hydrogen-bond acceptors (Lipinski definition) is 3. The van der Waals surface area contributed by atoms with Gasteiger partial charge in [0.05, 0.1) is 12.2 Å². The van der Waals surface area contributed by atoms with E-state index in [1.165, 1.54) is 0 Å². The Hall–Kier alpha value is -0.120. The average Bonchev–Trinajstić information content (AvgIpc) is 1.82. The van der Waals surface area contributed by atoms with Crippen LogP contribution >= 0.6 is 0 Å². The molecule has 0 bridgehead atoms. The molecule has 3 nitrogen and oxygen atoms in total. The highest BCUT2D eigenvalue weighted by atomic mass is 16.6. The molecule has 0 radical (unpaired) electrons. The molecule has 0 aliphatic carbocycles. The van der Waals surface area contributed by atoms with Gasteiger partial charge in [-0.1, -0.05) is 6.92 Å². The van der Waals surface area contributed by atoms with Crippen LogP contribution in [0.25, 0.3) is 0 Å². The van der Waals surface area contributed by atoms with Gasteiger partial charge >= 0.3 is 0 Å². The number of ether oxygens (including phenoxy) is 1. The van der Waals surface area contributed by atoms with Crippen molar-refractivity contribution in [2.45, 2.75) is 38.8 Å². The SMILES string of the molecule is C[C@@H]1O[C@@H](O)C[C@H](C)[C@@H]1O. The maximum Gasteiger partial charge on any atom is 0.155 e. The van der Waals surface area contributed by atoms with Crippen molar-refractivity contribution in [2.24, 2.45) is 5.92 Å². The van der Waals surface area contributed by atoms with Crippen LogP contribution in [0.1, 0.15) is 20.3 Å². The van der Waals surface area contributed by atoms with Gasteiger partial charge in [-0.15, -0.1) is 0 Å². The van der Waals surface area contributed by atoms with Gasteiger partial charge < -0.3 is 14.9 Å². The van der Waals surface area contributed by atoms with Crippen LogP contribution in [0.5, 0.6) is 0 Å². The van der Waals surface area contributed by atoms with Gasteiger partial charge in [0.2, 0.25) is 0 Å². The molecule has 1 aliphatic heterocycles. The minimum Gasteiger partial charge on any atom is -0.390 e. The van der Waals surface area contributed by atoms with E-state index in [2.05, 4.69) is 0 Å². The summed E-state index contributed by atoms with van der Waals surface area (Å²) >= 11 is 0. The molecular formula is C7H14O3. The van der Waals surface area contributed by atoms with E-state index in [9.17, 15) is 5.11 Å². The van der Waals surface area contributed by atoms with Crippen LogP contribution in [-0.2, 0) is 4.74 Å². The summed E-state index contributed by atoms with van der Waals surface area (Å²) in [6.07, 6.45) is -0.818. The third-order valence-corrected chi connectivity index (χ3v) is 2.01. The largest absolute Gasteiger partial charge is 0.390 e. The summed E-state index contributed by atoms with van der Waals surface area (Å²) in [5.41, 5.74) is 0. The van der Waals surface area contributed by atoms with E-state index in [4.69, 9.17) is 9.84 Å². The van der Waals surface area contributed by atoms with Crippen LogP contribution in [0.2, 0.25) is 0 Å². The third-order valence-electron chi connectivity index (χ3n) is 2.01. The Morgan fingerprint density at radius 2 is 1.90 bits per heavy atom. The lowest BCUT2D eigenvalue weighted by molar-refractivity contribution is -0.209. The summed E-state index contributed by atoms with van der Waals surface area (Å²) in [5, 5.41) is 18.4. The van der Waals surface area contributed by atoms with Gasteiger partial charge in [-0.2, -0.15) is 0 Å². The lowest BCUT2D eigenvalue weighted by Crippen LogP contribution is -2.42. The van der Waals surface area contributed by atoms with E-state index in [-0.39, 0.29) is 12.0 Å². The zero-order chi connectivity index (χ0) is 7.72. The fourth-order valence-electron chi connectivity index (χ4n) is 1.30. The predicted octanol–water partition coefficient (Wildman–Crippen LogP) is 0.111. The number of aliphatic hydroxyl groups is 2. The van der Waals surface area contributed by atoms with Gasteiger partial charge in [0.15, 0.2) is 6.29 Å². The van der Waals surface area contributed by atoms with Crippen molar-refractivity contribution in [3.8, 4) is 0 Å². The Morgan fingerprint density at radius 3 is 2.40 bits per heavy atom. The quantitative estimate of drug-likeness (QED) is 0.510. The second-order valence-electron chi connectivity index (χ2n) is 3.00. The molecule has 1 aliphatic rings. The van der Waals surface area contributed by atoms with Gasteiger partial charge in [-0.05, 0) is 12.8 Å². The normalized spacial score (nSPS) is 49.2. The summed E-state index contributed by atoms with van der Waals surface area (Å²) in [7, 11) is 0. The zero-order valence-electron chi connectivity index (χ0n) is 6.32. The standard InChI is InChI=1S/C7H14O3/c1-4-3-6(8)10-5(2)7(4)9/h4-9H,3H2,1-2H3/t4-,5-,6+,7-/m0/s1. The van der Waals surface area contributed by atoms with Crippen molar-refractivity contribution in [3.05, 3.63) is 0 Å². The molecule has 0 saturated carbocycles. The fraction of sp³-hybridized carbons (Fsp3) is 1.00. The minimum atomic E-state index is -0.687. The Morgan fingerprint density at radius 1 is 1.30 bits per heavy atom. The van der Waals surface area contributed by atoms with Gasteiger partial charge in [0.1, 0.15) is 0 Å². The maximum absolute atomic E-state index is 9.33. The summed E-state index contributed by atoms with van der Waals surface area (Å²) in [6, 6.07) is 0. The smallest absolute Gasteiger partial charge is 0.155 e. The molecule has 4 atom stereocenters. The Balaban J connectivity index is 2.49. The first kappa shape index (κ1) is 7.98. The molecule has 0 aromatic rings.